The Morgan fingerprint density at radius 2 is 1.67 bits per heavy atom. The fraction of sp³-hybridized carbons (Fsp3) is 0.0769. The van der Waals surface area contributed by atoms with Gasteiger partial charge in [0.15, 0.2) is 0 Å². The van der Waals surface area contributed by atoms with Gasteiger partial charge in [-0.3, -0.25) is 4.79 Å². The minimum absolute atomic E-state index is 0.138. The van der Waals surface area contributed by atoms with Crippen molar-refractivity contribution in [3.63, 3.8) is 0 Å². The van der Waals surface area contributed by atoms with Gasteiger partial charge in [0.25, 0.3) is 5.91 Å². The lowest BCUT2D eigenvalue weighted by Gasteiger charge is -2.19. The summed E-state index contributed by atoms with van der Waals surface area (Å²) in [6, 6.07) is 18.5. The molecule has 0 aliphatic carbocycles. The summed E-state index contributed by atoms with van der Waals surface area (Å²) in [4.78, 5) is 28.0. The fourth-order valence-corrected chi connectivity index (χ4v) is 4.89. The highest BCUT2D eigenvalue weighted by Gasteiger charge is 2.34. The van der Waals surface area contributed by atoms with E-state index in [1.165, 1.54) is 28.7 Å². The van der Waals surface area contributed by atoms with Crippen molar-refractivity contribution in [3.05, 3.63) is 109 Å². The van der Waals surface area contributed by atoms with Gasteiger partial charge in [0, 0.05) is 21.0 Å². The van der Waals surface area contributed by atoms with Crippen molar-refractivity contribution in [1.29, 1.82) is 0 Å². The first kappa shape index (κ1) is 25.7. The van der Waals surface area contributed by atoms with Gasteiger partial charge < -0.3 is 10.1 Å². The fourth-order valence-electron chi connectivity index (χ4n) is 3.28. The van der Waals surface area contributed by atoms with Gasteiger partial charge in [0.05, 0.1) is 16.2 Å². The monoisotopic (exact) mass is 547 g/mol. The molecule has 4 nitrogen and oxygen atoms in total. The lowest BCUT2D eigenvalue weighted by molar-refractivity contribution is -0.148. The van der Waals surface area contributed by atoms with Crippen LogP contribution in [0.3, 0.4) is 0 Å². The van der Waals surface area contributed by atoms with Crippen molar-refractivity contribution >= 4 is 63.5 Å². The SMILES string of the molecule is O=C(OC(C(=O)Nc1ccc(Cl)c(C(F)(F)F)c1)c1ccccc1)/C(=C/c1cccs1)c1cccs1. The van der Waals surface area contributed by atoms with E-state index in [2.05, 4.69) is 5.32 Å². The summed E-state index contributed by atoms with van der Waals surface area (Å²) in [5.41, 5.74) is -0.613. The van der Waals surface area contributed by atoms with Crippen molar-refractivity contribution in [1.82, 2.24) is 0 Å². The highest BCUT2D eigenvalue weighted by molar-refractivity contribution is 7.12. The quantitative estimate of drug-likeness (QED) is 0.189. The van der Waals surface area contributed by atoms with Gasteiger partial charge >= 0.3 is 12.1 Å². The molecule has 0 aliphatic rings. The van der Waals surface area contributed by atoms with Crippen LogP contribution in [0.25, 0.3) is 11.6 Å². The number of anilines is 1. The van der Waals surface area contributed by atoms with E-state index in [4.69, 9.17) is 16.3 Å². The summed E-state index contributed by atoms with van der Waals surface area (Å²) in [5, 5.41) is 5.60. The van der Waals surface area contributed by atoms with Crippen molar-refractivity contribution in [3.8, 4) is 0 Å². The van der Waals surface area contributed by atoms with E-state index >= 15 is 0 Å². The van der Waals surface area contributed by atoms with Gasteiger partial charge in [-0.1, -0.05) is 54.1 Å². The lowest BCUT2D eigenvalue weighted by Crippen LogP contribution is -2.26. The Balaban J connectivity index is 1.64. The van der Waals surface area contributed by atoms with Gasteiger partial charge in [-0.2, -0.15) is 13.2 Å². The van der Waals surface area contributed by atoms with Crippen LogP contribution in [0.15, 0.2) is 83.6 Å². The van der Waals surface area contributed by atoms with Gasteiger partial charge in [-0.15, -0.1) is 22.7 Å². The number of carbonyl (C=O) groups is 2. The number of carbonyl (C=O) groups excluding carboxylic acids is 2. The van der Waals surface area contributed by atoms with E-state index in [1.807, 2.05) is 22.9 Å². The topological polar surface area (TPSA) is 55.4 Å². The van der Waals surface area contributed by atoms with Gasteiger partial charge in [-0.25, -0.2) is 4.79 Å². The molecule has 2 aromatic carbocycles. The van der Waals surface area contributed by atoms with Crippen LogP contribution in [-0.4, -0.2) is 11.9 Å². The third-order valence-electron chi connectivity index (χ3n) is 4.94. The van der Waals surface area contributed by atoms with Crippen LogP contribution in [0.2, 0.25) is 5.02 Å². The lowest BCUT2D eigenvalue weighted by atomic mass is 10.1. The number of halogens is 4. The molecule has 0 saturated heterocycles. The molecule has 0 spiro atoms. The molecule has 2 heterocycles. The number of thiophene rings is 2. The zero-order valence-electron chi connectivity index (χ0n) is 18.3. The molecule has 0 radical (unpaired) electrons. The molecule has 10 heteroatoms. The van der Waals surface area contributed by atoms with E-state index < -0.39 is 34.7 Å². The van der Waals surface area contributed by atoms with E-state index in [0.717, 1.165) is 17.0 Å². The summed E-state index contributed by atoms with van der Waals surface area (Å²) in [6.45, 7) is 0. The third kappa shape index (κ3) is 6.23. The number of amides is 1. The number of hydrogen-bond donors (Lipinski definition) is 1. The van der Waals surface area contributed by atoms with Crippen LogP contribution in [0.4, 0.5) is 18.9 Å². The van der Waals surface area contributed by atoms with Crippen LogP contribution in [0, 0.1) is 0 Å². The molecule has 184 valence electrons. The van der Waals surface area contributed by atoms with Crippen molar-refractivity contribution in [2.24, 2.45) is 0 Å². The van der Waals surface area contributed by atoms with E-state index in [1.54, 1.807) is 48.5 Å². The maximum atomic E-state index is 13.3. The molecule has 36 heavy (non-hydrogen) atoms. The Morgan fingerprint density at radius 3 is 2.31 bits per heavy atom. The Bertz CT molecular complexity index is 1370. The number of ether oxygens (including phenoxy) is 1. The van der Waals surface area contributed by atoms with Crippen LogP contribution >= 0.6 is 34.3 Å². The molecule has 1 unspecified atom stereocenters. The minimum atomic E-state index is -4.70. The summed E-state index contributed by atoms with van der Waals surface area (Å²) in [6.07, 6.45) is -4.45. The second kappa shape index (κ2) is 11.1. The minimum Gasteiger partial charge on any atom is -0.444 e. The first-order chi connectivity index (χ1) is 17.2. The Kier molecular flexibility index (Phi) is 7.93. The van der Waals surface area contributed by atoms with Gasteiger partial charge in [0.1, 0.15) is 0 Å². The number of rotatable bonds is 7. The van der Waals surface area contributed by atoms with Gasteiger partial charge in [0.2, 0.25) is 6.10 Å². The highest BCUT2D eigenvalue weighted by Crippen LogP contribution is 2.36. The molecule has 4 rings (SSSR count). The van der Waals surface area contributed by atoms with Crippen molar-refractivity contribution < 1.29 is 27.5 Å². The summed E-state index contributed by atoms with van der Waals surface area (Å²) >= 11 is 8.45. The summed E-state index contributed by atoms with van der Waals surface area (Å²) in [7, 11) is 0. The van der Waals surface area contributed by atoms with Crippen LogP contribution in [0.1, 0.15) is 27.0 Å². The van der Waals surface area contributed by atoms with E-state index in [9.17, 15) is 22.8 Å². The average molecular weight is 548 g/mol. The first-order valence-electron chi connectivity index (χ1n) is 10.4. The van der Waals surface area contributed by atoms with Crippen LogP contribution in [-0.2, 0) is 20.5 Å². The predicted octanol–water partition coefficient (Wildman–Crippen LogP) is 7.95. The normalized spacial score (nSPS) is 12.7. The summed E-state index contributed by atoms with van der Waals surface area (Å²) in [5.74, 6) is -1.56. The number of esters is 1. The number of alkyl halides is 3. The van der Waals surface area contributed by atoms with E-state index in [0.29, 0.717) is 10.4 Å². The average Bonchev–Trinajstić information content (AvgIpc) is 3.56. The molecule has 0 saturated carbocycles. The molecule has 4 aromatic rings. The zero-order valence-corrected chi connectivity index (χ0v) is 20.7. The van der Waals surface area contributed by atoms with Gasteiger partial charge in [-0.05, 0) is 47.2 Å². The molecule has 0 bridgehead atoms. The number of benzene rings is 2. The Labute approximate surface area is 217 Å². The van der Waals surface area contributed by atoms with Crippen molar-refractivity contribution in [2.75, 3.05) is 5.32 Å². The zero-order chi connectivity index (χ0) is 25.7. The summed E-state index contributed by atoms with van der Waals surface area (Å²) < 4.78 is 45.5. The second-order valence-corrected chi connectivity index (χ2v) is 9.76. The van der Waals surface area contributed by atoms with Crippen molar-refractivity contribution in [2.45, 2.75) is 12.3 Å². The van der Waals surface area contributed by atoms with Crippen LogP contribution in [0.5, 0.6) is 0 Å². The Hall–Kier alpha value is -3.40. The molecular formula is C26H17ClF3NO3S2. The van der Waals surface area contributed by atoms with Crippen LogP contribution < -0.4 is 5.32 Å². The maximum absolute atomic E-state index is 13.3. The smallest absolute Gasteiger partial charge is 0.417 e. The molecule has 2 aromatic heterocycles. The van der Waals surface area contributed by atoms with E-state index in [-0.39, 0.29) is 11.3 Å². The number of nitrogens with one attached hydrogen (secondary N) is 1. The Morgan fingerprint density at radius 1 is 0.944 bits per heavy atom. The standard InChI is InChI=1S/C26H17ClF3NO3S2/c27-21-11-10-17(14-20(21)26(28,29)30)31-24(32)23(16-6-2-1-3-7-16)34-25(33)19(22-9-5-13-36-22)15-18-8-4-12-35-18/h1-15,23H,(H,31,32)/b19-15+. The molecule has 0 aliphatic heterocycles. The second-order valence-electron chi connectivity index (χ2n) is 7.43. The predicted molar refractivity (Wildman–Crippen MR) is 137 cm³/mol. The molecule has 0 fully saturated rings. The number of hydrogen-bond acceptors (Lipinski definition) is 5. The molecule has 1 N–H and O–H groups in total. The highest BCUT2D eigenvalue weighted by atomic mass is 35.5. The maximum Gasteiger partial charge on any atom is 0.417 e. The third-order valence-corrected chi connectivity index (χ3v) is 6.99. The largest absolute Gasteiger partial charge is 0.444 e. The molecular weight excluding hydrogens is 531 g/mol. The molecule has 1 amide bonds. The first-order valence-corrected chi connectivity index (χ1v) is 12.6. The molecule has 1 atom stereocenters.